The summed E-state index contributed by atoms with van der Waals surface area (Å²) in [6, 6.07) is 0. The van der Waals surface area contributed by atoms with E-state index in [1.54, 1.807) is 0 Å². The summed E-state index contributed by atoms with van der Waals surface area (Å²) in [5.41, 5.74) is 0. The molecular formula is C22H39O13P-2. The van der Waals surface area contributed by atoms with Crippen LogP contribution >= 0.6 is 7.82 Å². The van der Waals surface area contributed by atoms with Gasteiger partial charge in [-0.3, -0.25) is 18.6 Å². The Bertz CT molecular complexity index is 689. The molecule has 0 aromatic carbocycles. The quantitative estimate of drug-likeness (QED) is 0.0617. The number of unbranched alkanes of at least 4 members (excludes halogenated alkanes) is 5. The van der Waals surface area contributed by atoms with Crippen molar-refractivity contribution in [2.45, 2.75) is 101 Å². The molecule has 0 aliphatic heterocycles. The summed E-state index contributed by atoms with van der Waals surface area (Å²) >= 11 is 0. The van der Waals surface area contributed by atoms with Crippen LogP contribution in [-0.4, -0.2) is 98.3 Å². The number of aliphatic hydroxyl groups excluding tert-OH is 5. The standard InChI is InChI=1S/C22H39O13P/c1-3-5-7-8-9-11-16(24)34-14(12-32-15(23)10-6-4-2)13-33-36(30,31)35-22-20(28)18(26)17(25)19(27)21(22)29/h14,17-22,25-29H,1-13H2,(H,30,31)/q-2/t14-,17?,18-,19-,20-,21+,22?/m1/s1. The van der Waals surface area contributed by atoms with Crippen LogP contribution in [0.5, 0.6) is 0 Å². The van der Waals surface area contributed by atoms with Gasteiger partial charge in [-0.15, -0.1) is 0 Å². The molecule has 13 nitrogen and oxygen atoms in total. The Labute approximate surface area is 210 Å². The van der Waals surface area contributed by atoms with Gasteiger partial charge in [-0.1, -0.05) is 25.7 Å². The summed E-state index contributed by atoms with van der Waals surface area (Å²) < 4.78 is 32.2. The number of rotatable bonds is 17. The van der Waals surface area contributed by atoms with Crippen molar-refractivity contribution >= 4 is 19.8 Å². The second-order valence-electron chi connectivity index (χ2n) is 8.56. The number of hydrogen-bond acceptors (Lipinski definition) is 12. The zero-order chi connectivity index (χ0) is 27.3. The molecule has 1 fully saturated rings. The number of phosphoric acid groups is 1. The van der Waals surface area contributed by atoms with Crippen molar-refractivity contribution in [3.8, 4) is 0 Å². The van der Waals surface area contributed by atoms with E-state index in [2.05, 4.69) is 13.8 Å². The minimum absolute atomic E-state index is 0.0644. The second-order valence-corrected chi connectivity index (χ2v) is 9.96. The topological polar surface area (TPSA) is 210 Å². The lowest BCUT2D eigenvalue weighted by Crippen LogP contribution is -2.64. The maximum absolute atomic E-state index is 12.4. The summed E-state index contributed by atoms with van der Waals surface area (Å²) in [6.45, 7) is 6.13. The van der Waals surface area contributed by atoms with Gasteiger partial charge >= 0.3 is 19.8 Å². The third-order valence-electron chi connectivity index (χ3n) is 5.49. The van der Waals surface area contributed by atoms with Crippen LogP contribution < -0.4 is 0 Å². The van der Waals surface area contributed by atoms with Crippen LogP contribution in [0.25, 0.3) is 0 Å². The number of carbonyl (C=O) groups is 2. The number of esters is 2. The number of carbonyl (C=O) groups excluding carboxylic acids is 2. The molecule has 8 atom stereocenters. The monoisotopic (exact) mass is 542 g/mol. The highest BCUT2D eigenvalue weighted by molar-refractivity contribution is 7.47. The minimum Gasteiger partial charge on any atom is -0.462 e. The average Bonchev–Trinajstić information content (AvgIpc) is 2.84. The molecule has 1 saturated carbocycles. The van der Waals surface area contributed by atoms with Crippen LogP contribution in [0.2, 0.25) is 0 Å². The van der Waals surface area contributed by atoms with Gasteiger partial charge in [-0.05, 0) is 6.42 Å². The van der Waals surface area contributed by atoms with Crippen LogP contribution in [0, 0.1) is 13.8 Å². The van der Waals surface area contributed by atoms with Gasteiger partial charge in [0.25, 0.3) is 0 Å². The SMILES string of the molecule is [CH2-]CCCCCCC(=O)O[C@H](COC(=O)CCC[CH2-])COP(=O)(O)OC1[C@@H](O)[C@H](O)C(O)[C@@H](O)[C@H]1O. The number of phosphoric ester groups is 1. The van der Waals surface area contributed by atoms with Crippen molar-refractivity contribution in [3.63, 3.8) is 0 Å². The van der Waals surface area contributed by atoms with E-state index in [1.807, 2.05) is 0 Å². The molecule has 0 aromatic rings. The summed E-state index contributed by atoms with van der Waals surface area (Å²) in [7, 11) is -5.07. The Morgan fingerprint density at radius 2 is 1.28 bits per heavy atom. The predicted molar refractivity (Wildman–Crippen MR) is 124 cm³/mol. The van der Waals surface area contributed by atoms with Crippen LogP contribution in [0.1, 0.15) is 57.8 Å². The molecule has 212 valence electrons. The van der Waals surface area contributed by atoms with Gasteiger partial charge in [0.05, 0.1) is 6.61 Å². The lowest BCUT2D eigenvalue weighted by Gasteiger charge is -2.41. The maximum Gasteiger partial charge on any atom is 0.472 e. The van der Waals surface area contributed by atoms with E-state index in [1.165, 1.54) is 0 Å². The van der Waals surface area contributed by atoms with Crippen molar-refractivity contribution < 1.29 is 63.1 Å². The van der Waals surface area contributed by atoms with E-state index < -0.39 is 75.7 Å². The van der Waals surface area contributed by atoms with E-state index in [0.717, 1.165) is 25.7 Å². The van der Waals surface area contributed by atoms with Gasteiger partial charge in [0.2, 0.25) is 0 Å². The number of aliphatic hydroxyl groups is 5. The Hall–Kier alpha value is -1.15. The molecule has 0 bridgehead atoms. The highest BCUT2D eigenvalue weighted by Crippen LogP contribution is 2.47. The molecule has 0 radical (unpaired) electrons. The molecule has 0 heterocycles. The molecule has 1 rings (SSSR count). The normalized spacial score (nSPS) is 28.8. The molecule has 14 heteroatoms. The van der Waals surface area contributed by atoms with Gasteiger partial charge in [-0.2, -0.15) is 12.8 Å². The van der Waals surface area contributed by atoms with Crippen molar-refractivity contribution in [1.29, 1.82) is 0 Å². The third-order valence-corrected chi connectivity index (χ3v) is 6.48. The fraction of sp³-hybridized carbons (Fsp3) is 0.818. The van der Waals surface area contributed by atoms with E-state index in [-0.39, 0.29) is 12.8 Å². The summed E-state index contributed by atoms with van der Waals surface area (Å²) in [5.74, 6) is -1.23. The maximum atomic E-state index is 12.4. The molecule has 0 saturated heterocycles. The zero-order valence-corrected chi connectivity index (χ0v) is 21.1. The molecule has 6 N–H and O–H groups in total. The molecular weight excluding hydrogens is 503 g/mol. The highest BCUT2D eigenvalue weighted by Gasteiger charge is 2.51. The first kappa shape index (κ1) is 32.9. The summed E-state index contributed by atoms with van der Waals surface area (Å²) in [5, 5.41) is 49.0. The lowest BCUT2D eigenvalue weighted by molar-refractivity contribution is -0.220. The molecule has 3 unspecified atom stereocenters. The van der Waals surface area contributed by atoms with E-state index >= 15 is 0 Å². The van der Waals surface area contributed by atoms with Gasteiger partial charge in [0, 0.05) is 12.8 Å². The Morgan fingerprint density at radius 1 is 0.750 bits per heavy atom. The van der Waals surface area contributed by atoms with Crippen LogP contribution in [0.15, 0.2) is 0 Å². The highest BCUT2D eigenvalue weighted by atomic mass is 31.2. The predicted octanol–water partition coefficient (Wildman–Crippen LogP) is -0.0592. The zero-order valence-electron chi connectivity index (χ0n) is 20.2. The van der Waals surface area contributed by atoms with Crippen molar-refractivity contribution in [1.82, 2.24) is 0 Å². The molecule has 1 aliphatic rings. The first-order valence-electron chi connectivity index (χ1n) is 11.9. The number of ether oxygens (including phenoxy) is 2. The van der Waals surface area contributed by atoms with Crippen molar-refractivity contribution in [2.75, 3.05) is 13.2 Å². The average molecular weight is 543 g/mol. The van der Waals surface area contributed by atoms with Gasteiger partial charge < -0.3 is 53.7 Å². The molecule has 36 heavy (non-hydrogen) atoms. The second kappa shape index (κ2) is 16.6. The van der Waals surface area contributed by atoms with E-state index in [0.29, 0.717) is 19.3 Å². The van der Waals surface area contributed by atoms with Gasteiger partial charge in [0.15, 0.2) is 6.10 Å². The Balaban J connectivity index is 2.72. The van der Waals surface area contributed by atoms with Crippen molar-refractivity contribution in [3.05, 3.63) is 13.8 Å². The third kappa shape index (κ3) is 11.5. The molecule has 1 aliphatic carbocycles. The Kier molecular flexibility index (Phi) is 15.2. The first-order chi connectivity index (χ1) is 16.9. The Morgan fingerprint density at radius 3 is 1.86 bits per heavy atom. The van der Waals surface area contributed by atoms with Gasteiger partial charge in [-0.25, -0.2) is 4.57 Å². The number of hydrogen-bond donors (Lipinski definition) is 6. The van der Waals surface area contributed by atoms with E-state index in [4.69, 9.17) is 18.5 Å². The molecule has 0 spiro atoms. The minimum atomic E-state index is -5.07. The smallest absolute Gasteiger partial charge is 0.462 e. The molecule has 0 amide bonds. The first-order valence-corrected chi connectivity index (χ1v) is 13.4. The van der Waals surface area contributed by atoms with Crippen LogP contribution in [0.4, 0.5) is 0 Å². The summed E-state index contributed by atoms with van der Waals surface area (Å²) in [4.78, 5) is 34.0. The van der Waals surface area contributed by atoms with Crippen molar-refractivity contribution in [2.24, 2.45) is 0 Å². The van der Waals surface area contributed by atoms with Gasteiger partial charge in [0.1, 0.15) is 43.2 Å². The van der Waals surface area contributed by atoms with Crippen LogP contribution in [-0.2, 0) is 32.7 Å². The molecule has 0 aromatic heterocycles. The van der Waals surface area contributed by atoms with Crippen LogP contribution in [0.3, 0.4) is 0 Å². The lowest BCUT2D eigenvalue weighted by atomic mass is 9.85. The largest absolute Gasteiger partial charge is 0.472 e. The fourth-order valence-electron chi connectivity index (χ4n) is 3.37. The van der Waals surface area contributed by atoms with E-state index in [9.17, 15) is 44.6 Å². The fourth-order valence-corrected chi connectivity index (χ4v) is 4.34. The summed E-state index contributed by atoms with van der Waals surface area (Å²) in [6.07, 6.45) is -8.14.